The normalized spacial score (nSPS) is 15.8. The third-order valence-electron chi connectivity index (χ3n) is 5.67. The van der Waals surface area contributed by atoms with Crippen LogP contribution in [0.3, 0.4) is 0 Å². The molecule has 27 heavy (non-hydrogen) atoms. The fraction of sp³-hybridized carbons (Fsp3) is 0.435. The summed E-state index contributed by atoms with van der Waals surface area (Å²) in [4.78, 5) is 13.0. The molecule has 4 heteroatoms. The van der Waals surface area contributed by atoms with E-state index >= 15 is 0 Å². The Balaban J connectivity index is 0.00000261. The summed E-state index contributed by atoms with van der Waals surface area (Å²) in [6.45, 7) is 7.44. The maximum Gasteiger partial charge on any atom is 0.191 e. The standard InChI is InChI=1S/C23H29FNO.Y/c1-18-13-21(24)14-19(2)23(18)15-22(26)17-25(11-7-4-8-12-25)16-20-9-5-3-6-10-20;/h3,5-6,9-10,13-14H,4,7-8,11-12,15-17H2,1-2H3;/q+1;. The number of ketones is 1. The van der Waals surface area contributed by atoms with Gasteiger partial charge in [0, 0.05) is 44.7 Å². The molecular weight excluding hydrogens is 414 g/mol. The molecule has 1 radical (unpaired) electrons. The number of carbonyl (C=O) groups excluding carboxylic acids is 1. The molecule has 0 N–H and O–H groups in total. The topological polar surface area (TPSA) is 17.1 Å². The van der Waals surface area contributed by atoms with Gasteiger partial charge in [-0.3, -0.25) is 4.79 Å². The molecule has 1 aliphatic rings. The fourth-order valence-corrected chi connectivity index (χ4v) is 4.37. The van der Waals surface area contributed by atoms with E-state index in [2.05, 4.69) is 24.3 Å². The Hall–Kier alpha value is -0.896. The molecule has 0 atom stereocenters. The van der Waals surface area contributed by atoms with Crippen LogP contribution in [0.15, 0.2) is 42.5 Å². The van der Waals surface area contributed by atoms with E-state index in [-0.39, 0.29) is 44.3 Å². The van der Waals surface area contributed by atoms with Crippen molar-refractivity contribution in [2.45, 2.75) is 46.1 Å². The maximum absolute atomic E-state index is 13.5. The monoisotopic (exact) mass is 443 g/mol. The van der Waals surface area contributed by atoms with E-state index in [9.17, 15) is 9.18 Å². The Bertz CT molecular complexity index is 746. The van der Waals surface area contributed by atoms with Gasteiger partial charge in [-0.1, -0.05) is 30.3 Å². The van der Waals surface area contributed by atoms with Gasteiger partial charge >= 0.3 is 0 Å². The molecular formula is C23H29FNOY+. The van der Waals surface area contributed by atoms with Crippen LogP contribution in [0.25, 0.3) is 0 Å². The quantitative estimate of drug-likeness (QED) is 0.589. The average molecular weight is 443 g/mol. The third kappa shape index (κ3) is 6.04. The smallest absolute Gasteiger partial charge is 0.191 e. The largest absolute Gasteiger partial charge is 0.314 e. The zero-order valence-corrected chi connectivity index (χ0v) is 19.3. The summed E-state index contributed by atoms with van der Waals surface area (Å²) in [5.41, 5.74) is 4.05. The Morgan fingerprint density at radius 1 is 1.00 bits per heavy atom. The van der Waals surface area contributed by atoms with Gasteiger partial charge in [0.1, 0.15) is 18.9 Å². The first kappa shape index (κ1) is 22.4. The number of rotatable bonds is 6. The number of aryl methyl sites for hydroxylation is 2. The molecule has 2 nitrogen and oxygen atoms in total. The van der Waals surface area contributed by atoms with E-state index in [1.165, 1.54) is 37.0 Å². The number of hydrogen-bond acceptors (Lipinski definition) is 1. The van der Waals surface area contributed by atoms with E-state index in [4.69, 9.17) is 0 Å². The summed E-state index contributed by atoms with van der Waals surface area (Å²) in [6, 6.07) is 13.6. The number of likely N-dealkylation sites (tertiary alicyclic amines) is 1. The second-order valence-electron chi connectivity index (χ2n) is 7.88. The molecule has 2 aromatic rings. The fourth-order valence-electron chi connectivity index (χ4n) is 4.37. The second-order valence-corrected chi connectivity index (χ2v) is 7.88. The average Bonchev–Trinajstić information content (AvgIpc) is 2.59. The van der Waals surface area contributed by atoms with Gasteiger partial charge in [-0.15, -0.1) is 0 Å². The summed E-state index contributed by atoms with van der Waals surface area (Å²) in [5.74, 6) is 0.0421. The number of halogens is 1. The molecule has 1 saturated heterocycles. The molecule has 3 rings (SSSR count). The molecule has 0 saturated carbocycles. The van der Waals surface area contributed by atoms with E-state index in [0.29, 0.717) is 13.0 Å². The zero-order valence-electron chi connectivity index (χ0n) is 16.5. The van der Waals surface area contributed by atoms with Crippen molar-refractivity contribution in [2.24, 2.45) is 0 Å². The van der Waals surface area contributed by atoms with E-state index < -0.39 is 0 Å². The zero-order chi connectivity index (χ0) is 18.6. The molecule has 0 spiro atoms. The van der Waals surface area contributed by atoms with Crippen LogP contribution in [-0.2, 0) is 50.5 Å². The van der Waals surface area contributed by atoms with Gasteiger partial charge in [-0.2, -0.15) is 0 Å². The summed E-state index contributed by atoms with van der Waals surface area (Å²) in [7, 11) is 0. The van der Waals surface area contributed by atoms with Crippen LogP contribution in [0.4, 0.5) is 4.39 Å². The van der Waals surface area contributed by atoms with Gasteiger partial charge in [-0.25, -0.2) is 4.39 Å². The molecule has 2 aromatic carbocycles. The molecule has 0 aliphatic carbocycles. The van der Waals surface area contributed by atoms with Crippen LogP contribution in [0, 0.1) is 19.7 Å². The molecule has 141 valence electrons. The summed E-state index contributed by atoms with van der Waals surface area (Å²) in [6.07, 6.45) is 4.05. The van der Waals surface area contributed by atoms with Gasteiger partial charge in [0.25, 0.3) is 0 Å². The Morgan fingerprint density at radius 2 is 1.59 bits per heavy atom. The minimum absolute atomic E-state index is 0. The SMILES string of the molecule is Cc1cc(F)cc(C)c1CC(=O)C[N+]1(Cc2ccccc2)CCCCC1.[Y]. The van der Waals surface area contributed by atoms with Crippen molar-refractivity contribution in [1.82, 2.24) is 0 Å². The Labute approximate surface area is 187 Å². The molecule has 1 aliphatic heterocycles. The van der Waals surface area contributed by atoms with Gasteiger partial charge in [-0.05, 0) is 61.9 Å². The van der Waals surface area contributed by atoms with Gasteiger partial charge in [0.05, 0.1) is 13.1 Å². The molecule has 0 amide bonds. The number of piperidine rings is 1. The van der Waals surface area contributed by atoms with Crippen molar-refractivity contribution in [2.75, 3.05) is 19.6 Å². The molecule has 0 aromatic heterocycles. The third-order valence-corrected chi connectivity index (χ3v) is 5.67. The van der Waals surface area contributed by atoms with E-state index in [1.54, 1.807) is 0 Å². The van der Waals surface area contributed by atoms with Crippen molar-refractivity contribution >= 4 is 5.78 Å². The van der Waals surface area contributed by atoms with Crippen LogP contribution in [-0.4, -0.2) is 29.9 Å². The maximum atomic E-state index is 13.5. The first-order valence-corrected chi connectivity index (χ1v) is 9.64. The number of hydrogen-bond donors (Lipinski definition) is 0. The van der Waals surface area contributed by atoms with Crippen LogP contribution in [0.1, 0.15) is 41.5 Å². The second kappa shape index (κ2) is 10.0. The van der Waals surface area contributed by atoms with Gasteiger partial charge in [0.2, 0.25) is 0 Å². The predicted molar refractivity (Wildman–Crippen MR) is 103 cm³/mol. The minimum Gasteiger partial charge on any atom is -0.314 e. The summed E-state index contributed by atoms with van der Waals surface area (Å²) >= 11 is 0. The predicted octanol–water partition coefficient (Wildman–Crippen LogP) is 4.75. The Kier molecular flexibility index (Phi) is 8.33. The van der Waals surface area contributed by atoms with E-state index in [0.717, 1.165) is 40.8 Å². The number of quaternary nitrogens is 1. The van der Waals surface area contributed by atoms with Crippen LogP contribution < -0.4 is 0 Å². The van der Waals surface area contributed by atoms with E-state index in [1.807, 2.05) is 19.9 Å². The first-order chi connectivity index (χ1) is 12.5. The van der Waals surface area contributed by atoms with Crippen LogP contribution >= 0.6 is 0 Å². The number of benzene rings is 2. The number of Topliss-reactive ketones (excluding diaryl/α,β-unsaturated/α-hetero) is 1. The first-order valence-electron chi connectivity index (χ1n) is 9.64. The van der Waals surface area contributed by atoms with Crippen molar-refractivity contribution < 1.29 is 46.4 Å². The Morgan fingerprint density at radius 3 is 2.19 bits per heavy atom. The number of nitrogens with zero attached hydrogens (tertiary/aromatic N) is 1. The molecule has 0 unspecified atom stereocenters. The molecule has 1 heterocycles. The molecule has 0 bridgehead atoms. The summed E-state index contributed by atoms with van der Waals surface area (Å²) in [5, 5.41) is 0. The van der Waals surface area contributed by atoms with Crippen molar-refractivity contribution in [3.05, 3.63) is 70.5 Å². The van der Waals surface area contributed by atoms with Crippen molar-refractivity contribution in [1.29, 1.82) is 0 Å². The molecule has 1 fully saturated rings. The van der Waals surface area contributed by atoms with Gasteiger partial charge < -0.3 is 4.48 Å². The van der Waals surface area contributed by atoms with Crippen molar-refractivity contribution in [3.8, 4) is 0 Å². The van der Waals surface area contributed by atoms with Gasteiger partial charge in [0.15, 0.2) is 5.78 Å². The van der Waals surface area contributed by atoms with Crippen molar-refractivity contribution in [3.63, 3.8) is 0 Å². The minimum atomic E-state index is -0.222. The van der Waals surface area contributed by atoms with Crippen LogP contribution in [0.2, 0.25) is 0 Å². The van der Waals surface area contributed by atoms with Crippen LogP contribution in [0.5, 0.6) is 0 Å². The summed E-state index contributed by atoms with van der Waals surface area (Å²) < 4.78 is 14.4. The number of carbonyl (C=O) groups is 1.